The van der Waals surface area contributed by atoms with Crippen molar-refractivity contribution in [3.05, 3.63) is 52.6 Å². The summed E-state index contributed by atoms with van der Waals surface area (Å²) >= 11 is 5.84. The van der Waals surface area contributed by atoms with Crippen LogP contribution in [0.4, 0.5) is 4.39 Å². The number of rotatable bonds is 7. The van der Waals surface area contributed by atoms with E-state index in [1.807, 2.05) is 19.4 Å². The van der Waals surface area contributed by atoms with Crippen LogP contribution >= 0.6 is 11.6 Å². The smallest absolute Gasteiger partial charge is 0.145 e. The van der Waals surface area contributed by atoms with Crippen LogP contribution in [0.15, 0.2) is 30.6 Å². The molecule has 1 aromatic carbocycles. The van der Waals surface area contributed by atoms with Gasteiger partial charge in [0.15, 0.2) is 0 Å². The van der Waals surface area contributed by atoms with E-state index in [4.69, 9.17) is 11.6 Å². The molecule has 114 valence electrons. The van der Waals surface area contributed by atoms with Crippen molar-refractivity contribution in [2.45, 2.75) is 32.2 Å². The molecule has 0 spiro atoms. The molecule has 0 aliphatic carbocycles. The van der Waals surface area contributed by atoms with Gasteiger partial charge >= 0.3 is 0 Å². The Kier molecular flexibility index (Phi) is 5.76. The van der Waals surface area contributed by atoms with Crippen molar-refractivity contribution in [1.82, 2.24) is 15.1 Å². The van der Waals surface area contributed by atoms with Crippen LogP contribution in [0.25, 0.3) is 0 Å². The Morgan fingerprint density at radius 3 is 2.90 bits per heavy atom. The van der Waals surface area contributed by atoms with E-state index in [9.17, 15) is 4.39 Å². The Bertz CT molecular complexity index is 583. The minimum absolute atomic E-state index is 0.190. The summed E-state index contributed by atoms with van der Waals surface area (Å²) in [6.07, 6.45) is 6.39. The first-order chi connectivity index (χ1) is 10.1. The lowest BCUT2D eigenvalue weighted by Crippen LogP contribution is -2.31. The van der Waals surface area contributed by atoms with Crippen molar-refractivity contribution in [1.29, 1.82) is 0 Å². The van der Waals surface area contributed by atoms with Crippen LogP contribution in [0, 0.1) is 5.82 Å². The summed E-state index contributed by atoms with van der Waals surface area (Å²) in [5, 5.41) is 7.78. The lowest BCUT2D eigenvalue weighted by Gasteiger charge is -2.18. The van der Waals surface area contributed by atoms with Gasteiger partial charge in [-0.2, -0.15) is 5.10 Å². The molecule has 0 saturated carbocycles. The Balaban J connectivity index is 1.99. The van der Waals surface area contributed by atoms with Crippen molar-refractivity contribution in [2.24, 2.45) is 7.05 Å². The molecule has 0 saturated heterocycles. The molecule has 5 heteroatoms. The number of aromatic nitrogens is 2. The average Bonchev–Trinajstić information content (AvgIpc) is 2.87. The Hall–Kier alpha value is -1.39. The van der Waals surface area contributed by atoms with Gasteiger partial charge in [0, 0.05) is 19.3 Å². The number of benzene rings is 1. The number of nitrogens with one attached hydrogen (secondary N) is 1. The molecule has 0 bridgehead atoms. The molecule has 2 aromatic rings. The standard InChI is InChI=1S/C16H21ClFN3/c1-3-19-14(8-7-12-10-20-21(2)11-12)9-13-5-4-6-15(17)16(13)18/h4-6,10-11,14,19H,3,7-9H2,1-2H3. The fourth-order valence-electron chi connectivity index (χ4n) is 2.48. The normalized spacial score (nSPS) is 12.6. The molecule has 1 N–H and O–H groups in total. The number of likely N-dealkylation sites (N-methyl/N-ethyl adjacent to an activating group) is 1. The van der Waals surface area contributed by atoms with E-state index in [0.717, 1.165) is 19.4 Å². The van der Waals surface area contributed by atoms with Crippen molar-refractivity contribution in [2.75, 3.05) is 6.54 Å². The summed E-state index contributed by atoms with van der Waals surface area (Å²) in [6, 6.07) is 5.40. The van der Waals surface area contributed by atoms with Gasteiger partial charge < -0.3 is 5.32 Å². The summed E-state index contributed by atoms with van der Waals surface area (Å²) < 4.78 is 15.8. The molecular formula is C16H21ClFN3. The monoisotopic (exact) mass is 309 g/mol. The predicted molar refractivity (Wildman–Crippen MR) is 84.1 cm³/mol. The molecule has 0 fully saturated rings. The van der Waals surface area contributed by atoms with Gasteiger partial charge in [-0.1, -0.05) is 30.7 Å². The van der Waals surface area contributed by atoms with Crippen LogP contribution in [-0.4, -0.2) is 22.4 Å². The van der Waals surface area contributed by atoms with Gasteiger partial charge in [-0.3, -0.25) is 4.68 Å². The summed E-state index contributed by atoms with van der Waals surface area (Å²) in [6.45, 7) is 2.92. The van der Waals surface area contributed by atoms with Gasteiger partial charge in [0.05, 0.1) is 11.2 Å². The lowest BCUT2D eigenvalue weighted by molar-refractivity contribution is 0.480. The van der Waals surface area contributed by atoms with E-state index >= 15 is 0 Å². The van der Waals surface area contributed by atoms with E-state index in [0.29, 0.717) is 12.0 Å². The van der Waals surface area contributed by atoms with Crippen molar-refractivity contribution in [3.8, 4) is 0 Å². The quantitative estimate of drug-likeness (QED) is 0.850. The third kappa shape index (κ3) is 4.55. The molecule has 3 nitrogen and oxygen atoms in total. The fourth-order valence-corrected chi connectivity index (χ4v) is 2.67. The first-order valence-electron chi connectivity index (χ1n) is 7.24. The summed E-state index contributed by atoms with van der Waals surface area (Å²) in [5.74, 6) is -0.302. The van der Waals surface area contributed by atoms with Crippen LogP contribution in [0.5, 0.6) is 0 Å². The second-order valence-corrected chi connectivity index (χ2v) is 5.64. The van der Waals surface area contributed by atoms with Crippen molar-refractivity contribution >= 4 is 11.6 Å². The molecule has 0 amide bonds. The first kappa shape index (κ1) is 16.0. The van der Waals surface area contributed by atoms with Gasteiger partial charge in [-0.15, -0.1) is 0 Å². The highest BCUT2D eigenvalue weighted by molar-refractivity contribution is 6.30. The van der Waals surface area contributed by atoms with Crippen molar-refractivity contribution in [3.63, 3.8) is 0 Å². The minimum Gasteiger partial charge on any atom is -0.314 e. The number of halogens is 2. The zero-order chi connectivity index (χ0) is 15.2. The number of hydrogen-bond acceptors (Lipinski definition) is 2. The zero-order valence-electron chi connectivity index (χ0n) is 12.4. The van der Waals surface area contributed by atoms with E-state index < -0.39 is 0 Å². The van der Waals surface area contributed by atoms with Crippen LogP contribution in [0.2, 0.25) is 5.02 Å². The average molecular weight is 310 g/mol. The highest BCUT2D eigenvalue weighted by Gasteiger charge is 2.13. The van der Waals surface area contributed by atoms with E-state index in [-0.39, 0.29) is 16.9 Å². The first-order valence-corrected chi connectivity index (χ1v) is 7.61. The van der Waals surface area contributed by atoms with Crippen LogP contribution in [0.1, 0.15) is 24.5 Å². The molecule has 0 aliphatic rings. The lowest BCUT2D eigenvalue weighted by atomic mass is 9.99. The molecule has 1 atom stereocenters. The third-order valence-corrected chi connectivity index (χ3v) is 3.82. The molecule has 1 heterocycles. The topological polar surface area (TPSA) is 29.9 Å². The number of nitrogens with zero attached hydrogens (tertiary/aromatic N) is 2. The molecule has 0 radical (unpaired) electrons. The SMILES string of the molecule is CCNC(CCc1cnn(C)c1)Cc1cccc(Cl)c1F. The van der Waals surface area contributed by atoms with E-state index in [1.54, 1.807) is 22.9 Å². The minimum atomic E-state index is -0.302. The maximum absolute atomic E-state index is 14.0. The van der Waals surface area contributed by atoms with Gasteiger partial charge in [-0.25, -0.2) is 4.39 Å². The highest BCUT2D eigenvalue weighted by Crippen LogP contribution is 2.20. The summed E-state index contributed by atoms with van der Waals surface area (Å²) in [4.78, 5) is 0. The fraction of sp³-hybridized carbons (Fsp3) is 0.438. The molecule has 1 unspecified atom stereocenters. The summed E-state index contributed by atoms with van der Waals surface area (Å²) in [7, 11) is 1.91. The molecular weight excluding hydrogens is 289 g/mol. The van der Waals surface area contributed by atoms with E-state index in [2.05, 4.69) is 17.3 Å². The Labute approximate surface area is 130 Å². The zero-order valence-corrected chi connectivity index (χ0v) is 13.2. The van der Waals surface area contributed by atoms with Gasteiger partial charge in [0.25, 0.3) is 0 Å². The van der Waals surface area contributed by atoms with Crippen LogP contribution in [0.3, 0.4) is 0 Å². The summed E-state index contributed by atoms with van der Waals surface area (Å²) in [5.41, 5.74) is 1.87. The van der Waals surface area contributed by atoms with Crippen molar-refractivity contribution < 1.29 is 4.39 Å². The van der Waals surface area contributed by atoms with Gasteiger partial charge in [0.1, 0.15) is 5.82 Å². The second-order valence-electron chi connectivity index (χ2n) is 5.23. The maximum Gasteiger partial charge on any atom is 0.145 e. The number of aryl methyl sites for hydroxylation is 2. The predicted octanol–water partition coefficient (Wildman–Crippen LogP) is 3.37. The highest BCUT2D eigenvalue weighted by atomic mass is 35.5. The van der Waals surface area contributed by atoms with E-state index in [1.165, 1.54) is 5.56 Å². The van der Waals surface area contributed by atoms with Gasteiger partial charge in [0.2, 0.25) is 0 Å². The Morgan fingerprint density at radius 2 is 2.24 bits per heavy atom. The Morgan fingerprint density at radius 1 is 1.43 bits per heavy atom. The molecule has 2 rings (SSSR count). The number of hydrogen-bond donors (Lipinski definition) is 1. The maximum atomic E-state index is 14.0. The molecule has 21 heavy (non-hydrogen) atoms. The molecule has 0 aliphatic heterocycles. The van der Waals surface area contributed by atoms with Crippen LogP contribution in [-0.2, 0) is 19.9 Å². The van der Waals surface area contributed by atoms with Crippen LogP contribution < -0.4 is 5.32 Å². The third-order valence-electron chi connectivity index (χ3n) is 3.53. The molecule has 1 aromatic heterocycles. The second kappa shape index (κ2) is 7.57. The van der Waals surface area contributed by atoms with Gasteiger partial charge in [-0.05, 0) is 43.0 Å². The largest absolute Gasteiger partial charge is 0.314 e.